The van der Waals surface area contributed by atoms with E-state index in [1.165, 1.54) is 0 Å². The topological polar surface area (TPSA) is 55.8 Å². The summed E-state index contributed by atoms with van der Waals surface area (Å²) in [5.74, 6) is -0.115. The average molecular weight is 319 g/mol. The molecule has 2 aromatic rings. The van der Waals surface area contributed by atoms with Crippen molar-refractivity contribution in [2.45, 2.75) is 19.1 Å². The monoisotopic (exact) mass is 318 g/mol. The number of aliphatic hydroxyl groups is 1. The molecule has 0 aromatic heterocycles. The van der Waals surface area contributed by atoms with E-state index >= 15 is 0 Å². The van der Waals surface area contributed by atoms with Crippen LogP contribution in [0.4, 0.5) is 0 Å². The number of esters is 1. The summed E-state index contributed by atoms with van der Waals surface area (Å²) in [6, 6.07) is 12.7. The Morgan fingerprint density at radius 3 is 2.86 bits per heavy atom. The molecule has 0 saturated heterocycles. The van der Waals surface area contributed by atoms with Gasteiger partial charge >= 0.3 is 5.97 Å². The zero-order valence-electron chi connectivity index (χ0n) is 12.0. The van der Waals surface area contributed by atoms with Crippen LogP contribution < -0.4 is 4.74 Å². The van der Waals surface area contributed by atoms with Crippen LogP contribution in [0, 0.1) is 0 Å². The first-order chi connectivity index (χ1) is 10.6. The largest absolute Gasteiger partial charge is 0.482 e. The minimum absolute atomic E-state index is 0.205. The molecule has 114 valence electrons. The third kappa shape index (κ3) is 2.56. The summed E-state index contributed by atoms with van der Waals surface area (Å²) < 4.78 is 10.7. The van der Waals surface area contributed by atoms with Crippen LogP contribution in [0.15, 0.2) is 42.5 Å². The third-order valence-corrected chi connectivity index (χ3v) is 3.80. The minimum atomic E-state index is -1.38. The van der Waals surface area contributed by atoms with E-state index in [0.29, 0.717) is 10.8 Å². The van der Waals surface area contributed by atoms with Crippen molar-refractivity contribution >= 4 is 17.6 Å². The van der Waals surface area contributed by atoms with Gasteiger partial charge in [0, 0.05) is 16.1 Å². The highest BCUT2D eigenvalue weighted by atomic mass is 35.5. The van der Waals surface area contributed by atoms with Gasteiger partial charge in [0.05, 0.1) is 6.61 Å². The maximum atomic E-state index is 11.8. The van der Waals surface area contributed by atoms with Crippen LogP contribution in [0.2, 0.25) is 5.02 Å². The Hall–Kier alpha value is -2.04. The van der Waals surface area contributed by atoms with Gasteiger partial charge in [0.15, 0.2) is 12.2 Å². The molecule has 0 spiro atoms. The number of ether oxygens (including phenoxy) is 2. The molecular weight excluding hydrogens is 304 g/mol. The summed E-state index contributed by atoms with van der Waals surface area (Å²) in [5, 5.41) is 10.9. The molecule has 0 fully saturated rings. The van der Waals surface area contributed by atoms with Gasteiger partial charge in [0.1, 0.15) is 5.75 Å². The summed E-state index contributed by atoms with van der Waals surface area (Å²) in [5.41, 5.74) is 2.47. The van der Waals surface area contributed by atoms with E-state index < -0.39 is 18.2 Å². The summed E-state index contributed by atoms with van der Waals surface area (Å²) in [7, 11) is 0. The molecule has 1 N–H and O–H groups in total. The van der Waals surface area contributed by atoms with E-state index in [1.807, 2.05) is 30.3 Å². The fourth-order valence-electron chi connectivity index (χ4n) is 2.59. The van der Waals surface area contributed by atoms with Crippen LogP contribution in [0.3, 0.4) is 0 Å². The lowest BCUT2D eigenvalue weighted by Gasteiger charge is -2.30. The van der Waals surface area contributed by atoms with Crippen molar-refractivity contribution in [1.29, 1.82) is 0 Å². The minimum Gasteiger partial charge on any atom is -0.482 e. The number of hydrogen-bond acceptors (Lipinski definition) is 4. The van der Waals surface area contributed by atoms with Crippen molar-refractivity contribution in [1.82, 2.24) is 0 Å². The lowest BCUT2D eigenvalue weighted by Crippen LogP contribution is -2.34. The van der Waals surface area contributed by atoms with Gasteiger partial charge in [-0.05, 0) is 30.7 Å². The van der Waals surface area contributed by atoms with Crippen molar-refractivity contribution in [3.63, 3.8) is 0 Å². The summed E-state index contributed by atoms with van der Waals surface area (Å²) in [6.07, 6.45) is -2.19. The van der Waals surface area contributed by atoms with E-state index in [-0.39, 0.29) is 6.61 Å². The number of carbonyl (C=O) groups is 1. The molecule has 5 heteroatoms. The number of halogens is 1. The highest BCUT2D eigenvalue weighted by molar-refractivity contribution is 6.31. The zero-order valence-corrected chi connectivity index (χ0v) is 12.7. The number of aliphatic hydroxyl groups excluding tert-OH is 1. The van der Waals surface area contributed by atoms with Gasteiger partial charge in [-0.1, -0.05) is 35.9 Å². The fourth-order valence-corrected chi connectivity index (χ4v) is 2.76. The molecule has 0 bridgehead atoms. The molecule has 0 saturated carbocycles. The Bertz CT molecular complexity index is 714. The molecule has 0 aliphatic carbocycles. The van der Waals surface area contributed by atoms with Crippen LogP contribution in [0.1, 0.15) is 18.6 Å². The smallest absolute Gasteiger partial charge is 0.339 e. The first kappa shape index (κ1) is 14.9. The SMILES string of the molecule is CCOC(=O)C(O)C1Oc2ccc(Cl)cc2-c2ccccc21. The average Bonchev–Trinajstić information content (AvgIpc) is 2.54. The second-order valence-electron chi connectivity index (χ2n) is 4.96. The third-order valence-electron chi connectivity index (χ3n) is 3.57. The summed E-state index contributed by atoms with van der Waals surface area (Å²) in [4.78, 5) is 11.8. The number of hydrogen-bond donors (Lipinski definition) is 1. The Morgan fingerprint density at radius 2 is 2.09 bits per heavy atom. The van der Waals surface area contributed by atoms with Crippen LogP contribution in [0.25, 0.3) is 11.1 Å². The molecule has 22 heavy (non-hydrogen) atoms. The maximum Gasteiger partial charge on any atom is 0.339 e. The number of fused-ring (bicyclic) bond motifs is 3. The molecule has 2 atom stereocenters. The van der Waals surface area contributed by atoms with E-state index in [9.17, 15) is 9.90 Å². The highest BCUT2D eigenvalue weighted by Gasteiger charge is 2.36. The van der Waals surface area contributed by atoms with Crippen molar-refractivity contribution in [3.05, 3.63) is 53.1 Å². The van der Waals surface area contributed by atoms with Gasteiger partial charge in [0.2, 0.25) is 0 Å². The molecule has 3 rings (SSSR count). The van der Waals surface area contributed by atoms with Crippen molar-refractivity contribution in [3.8, 4) is 16.9 Å². The van der Waals surface area contributed by atoms with Gasteiger partial charge in [-0.2, -0.15) is 0 Å². The molecule has 1 heterocycles. The first-order valence-electron chi connectivity index (χ1n) is 7.02. The molecule has 1 aliphatic heterocycles. The lowest BCUT2D eigenvalue weighted by atomic mass is 9.90. The van der Waals surface area contributed by atoms with E-state index in [0.717, 1.165) is 16.7 Å². The van der Waals surface area contributed by atoms with E-state index in [4.69, 9.17) is 21.1 Å². The molecule has 4 nitrogen and oxygen atoms in total. The van der Waals surface area contributed by atoms with E-state index in [1.54, 1.807) is 19.1 Å². The van der Waals surface area contributed by atoms with Crippen LogP contribution in [0.5, 0.6) is 5.75 Å². The van der Waals surface area contributed by atoms with E-state index in [2.05, 4.69) is 0 Å². The molecular formula is C17H15ClO4. The second kappa shape index (κ2) is 5.99. The lowest BCUT2D eigenvalue weighted by molar-refractivity contribution is -0.158. The van der Waals surface area contributed by atoms with Gasteiger partial charge in [-0.25, -0.2) is 4.79 Å². The maximum absolute atomic E-state index is 11.8. The number of benzene rings is 2. The van der Waals surface area contributed by atoms with Gasteiger partial charge in [0.25, 0.3) is 0 Å². The summed E-state index contributed by atoms with van der Waals surface area (Å²) in [6.45, 7) is 1.90. The normalized spacial score (nSPS) is 17.0. The number of rotatable bonds is 3. The van der Waals surface area contributed by atoms with Crippen LogP contribution >= 0.6 is 11.6 Å². The molecule has 2 unspecified atom stereocenters. The predicted molar refractivity (Wildman–Crippen MR) is 82.9 cm³/mol. The van der Waals surface area contributed by atoms with Gasteiger partial charge < -0.3 is 14.6 Å². The van der Waals surface area contributed by atoms with Crippen molar-refractivity contribution in [2.24, 2.45) is 0 Å². The Morgan fingerprint density at radius 1 is 1.32 bits per heavy atom. The molecule has 2 aromatic carbocycles. The zero-order chi connectivity index (χ0) is 15.7. The Kier molecular flexibility index (Phi) is 4.05. The Balaban J connectivity index is 2.06. The Labute approximate surface area is 133 Å². The molecule has 0 radical (unpaired) electrons. The quantitative estimate of drug-likeness (QED) is 0.882. The summed E-state index contributed by atoms with van der Waals surface area (Å²) >= 11 is 6.05. The molecule has 1 aliphatic rings. The van der Waals surface area contributed by atoms with Gasteiger partial charge in [-0.15, -0.1) is 0 Å². The van der Waals surface area contributed by atoms with Gasteiger partial charge in [-0.3, -0.25) is 0 Å². The fraction of sp³-hybridized carbons (Fsp3) is 0.235. The first-order valence-corrected chi connectivity index (χ1v) is 7.40. The molecule has 0 amide bonds. The van der Waals surface area contributed by atoms with Crippen molar-refractivity contribution in [2.75, 3.05) is 6.61 Å². The highest BCUT2D eigenvalue weighted by Crippen LogP contribution is 2.44. The van der Waals surface area contributed by atoms with Crippen LogP contribution in [-0.2, 0) is 9.53 Å². The second-order valence-corrected chi connectivity index (χ2v) is 5.40. The predicted octanol–water partition coefficient (Wildman–Crippen LogP) is 3.36. The standard InChI is InChI=1S/C17H15ClO4/c1-2-21-17(20)15(19)16-12-6-4-3-5-11(12)13-9-10(18)7-8-14(13)22-16/h3-9,15-16,19H,2H2,1H3. The van der Waals surface area contributed by atoms with Crippen LogP contribution in [-0.4, -0.2) is 23.8 Å². The van der Waals surface area contributed by atoms with Crippen molar-refractivity contribution < 1.29 is 19.4 Å². The number of carbonyl (C=O) groups excluding carboxylic acids is 1.